The summed E-state index contributed by atoms with van der Waals surface area (Å²) >= 11 is 1.15. The number of ether oxygens (including phenoxy) is 1. The van der Waals surface area contributed by atoms with E-state index < -0.39 is 5.97 Å². The zero-order chi connectivity index (χ0) is 15.2. The first-order valence-corrected chi connectivity index (χ1v) is 7.09. The van der Waals surface area contributed by atoms with Gasteiger partial charge < -0.3 is 4.74 Å². The van der Waals surface area contributed by atoms with Crippen molar-refractivity contribution in [2.45, 2.75) is 13.3 Å². The molecule has 0 aliphatic heterocycles. The molecule has 7 heteroatoms. The van der Waals surface area contributed by atoms with Gasteiger partial charge in [0.15, 0.2) is 0 Å². The number of aryl methyl sites for hydroxylation is 1. The SMILES string of the molecule is CCc1nc(N/N=C\c2ccccc2F)sc1C(=O)OC. The molecule has 0 unspecified atom stereocenters. The van der Waals surface area contributed by atoms with E-state index in [0.717, 1.165) is 11.3 Å². The van der Waals surface area contributed by atoms with Crippen LogP contribution in [0.1, 0.15) is 27.9 Å². The molecule has 0 saturated heterocycles. The second-order valence-corrected chi connectivity index (χ2v) is 5.03. The quantitative estimate of drug-likeness (QED) is 0.524. The van der Waals surface area contributed by atoms with Gasteiger partial charge in [0.25, 0.3) is 0 Å². The van der Waals surface area contributed by atoms with Crippen LogP contribution in [0.3, 0.4) is 0 Å². The number of esters is 1. The number of nitrogens with zero attached hydrogens (tertiary/aromatic N) is 2. The molecule has 0 spiro atoms. The number of nitrogens with one attached hydrogen (secondary N) is 1. The molecule has 110 valence electrons. The highest BCUT2D eigenvalue weighted by molar-refractivity contribution is 7.17. The van der Waals surface area contributed by atoms with Crippen LogP contribution in [-0.4, -0.2) is 24.3 Å². The Bertz CT molecular complexity index is 670. The van der Waals surface area contributed by atoms with E-state index in [1.54, 1.807) is 18.2 Å². The minimum atomic E-state index is -0.421. The summed E-state index contributed by atoms with van der Waals surface area (Å²) in [6.07, 6.45) is 1.97. The van der Waals surface area contributed by atoms with Crippen LogP contribution in [0.5, 0.6) is 0 Å². The van der Waals surface area contributed by atoms with E-state index in [2.05, 4.69) is 15.5 Å². The number of hydrogen-bond donors (Lipinski definition) is 1. The van der Waals surface area contributed by atoms with E-state index >= 15 is 0 Å². The molecule has 0 radical (unpaired) electrons. The number of methoxy groups -OCH3 is 1. The van der Waals surface area contributed by atoms with E-state index in [4.69, 9.17) is 4.74 Å². The minimum Gasteiger partial charge on any atom is -0.465 e. The zero-order valence-electron chi connectivity index (χ0n) is 11.6. The van der Waals surface area contributed by atoms with Crippen molar-refractivity contribution >= 4 is 28.7 Å². The van der Waals surface area contributed by atoms with Crippen LogP contribution in [0.15, 0.2) is 29.4 Å². The lowest BCUT2D eigenvalue weighted by atomic mass is 10.2. The lowest BCUT2D eigenvalue weighted by Gasteiger charge is -1.95. The van der Waals surface area contributed by atoms with Gasteiger partial charge in [0.2, 0.25) is 5.13 Å². The van der Waals surface area contributed by atoms with E-state index in [1.807, 2.05) is 6.92 Å². The molecule has 0 bridgehead atoms. The number of carbonyl (C=O) groups excluding carboxylic acids is 1. The summed E-state index contributed by atoms with van der Waals surface area (Å²) < 4.78 is 18.1. The lowest BCUT2D eigenvalue weighted by Crippen LogP contribution is -2.01. The highest BCUT2D eigenvalue weighted by Gasteiger charge is 2.17. The van der Waals surface area contributed by atoms with Crippen molar-refractivity contribution in [3.8, 4) is 0 Å². The molecular formula is C14H14FN3O2S. The average Bonchev–Trinajstić information content (AvgIpc) is 2.91. The zero-order valence-corrected chi connectivity index (χ0v) is 12.4. The third-order valence-electron chi connectivity index (χ3n) is 2.67. The van der Waals surface area contributed by atoms with Crippen molar-refractivity contribution in [1.82, 2.24) is 4.98 Å². The third-order valence-corrected chi connectivity index (χ3v) is 3.65. The molecule has 1 aromatic carbocycles. The molecule has 0 amide bonds. The Labute approximate surface area is 125 Å². The normalized spacial score (nSPS) is 10.8. The predicted molar refractivity (Wildman–Crippen MR) is 80.4 cm³/mol. The number of hydrazone groups is 1. The molecule has 1 heterocycles. The Hall–Kier alpha value is -2.28. The topological polar surface area (TPSA) is 63.6 Å². The Morgan fingerprint density at radius 2 is 2.29 bits per heavy atom. The summed E-state index contributed by atoms with van der Waals surface area (Å²) in [4.78, 5) is 16.3. The average molecular weight is 307 g/mol. The Balaban J connectivity index is 2.12. The maximum Gasteiger partial charge on any atom is 0.350 e. The van der Waals surface area contributed by atoms with Crippen LogP contribution >= 0.6 is 11.3 Å². The van der Waals surface area contributed by atoms with Crippen LogP contribution in [0.4, 0.5) is 9.52 Å². The third kappa shape index (κ3) is 3.63. The number of aromatic nitrogens is 1. The van der Waals surface area contributed by atoms with Gasteiger partial charge >= 0.3 is 5.97 Å². The first-order chi connectivity index (χ1) is 10.2. The van der Waals surface area contributed by atoms with Gasteiger partial charge in [0.1, 0.15) is 10.7 Å². The van der Waals surface area contributed by atoms with Gasteiger partial charge in [-0.05, 0) is 12.5 Å². The smallest absolute Gasteiger partial charge is 0.350 e. The maximum atomic E-state index is 13.4. The van der Waals surface area contributed by atoms with Gasteiger partial charge in [-0.1, -0.05) is 36.5 Å². The fourth-order valence-electron chi connectivity index (χ4n) is 1.63. The van der Waals surface area contributed by atoms with Crippen molar-refractivity contribution in [2.75, 3.05) is 12.5 Å². The standard InChI is InChI=1S/C14H14FN3O2S/c1-3-11-12(13(19)20-2)21-14(17-11)18-16-8-9-6-4-5-7-10(9)15/h4-8H,3H2,1-2H3,(H,17,18)/b16-8-. The number of thiazole rings is 1. The van der Waals surface area contributed by atoms with Gasteiger partial charge in [0.05, 0.1) is 19.0 Å². The number of hydrogen-bond acceptors (Lipinski definition) is 6. The highest BCUT2D eigenvalue weighted by Crippen LogP contribution is 2.24. The first-order valence-electron chi connectivity index (χ1n) is 6.27. The van der Waals surface area contributed by atoms with E-state index in [0.29, 0.717) is 27.7 Å². The van der Waals surface area contributed by atoms with Crippen LogP contribution in [0.2, 0.25) is 0 Å². The molecule has 0 saturated carbocycles. The Morgan fingerprint density at radius 1 is 1.52 bits per heavy atom. The van der Waals surface area contributed by atoms with Crippen molar-refractivity contribution in [1.29, 1.82) is 0 Å². The molecule has 1 N–H and O–H groups in total. The molecule has 0 aliphatic carbocycles. The van der Waals surface area contributed by atoms with Gasteiger partial charge in [-0.25, -0.2) is 14.2 Å². The summed E-state index contributed by atoms with van der Waals surface area (Å²) in [5.41, 5.74) is 3.71. The van der Waals surface area contributed by atoms with Crippen molar-refractivity contribution in [2.24, 2.45) is 5.10 Å². The molecule has 0 aliphatic rings. The largest absolute Gasteiger partial charge is 0.465 e. The maximum absolute atomic E-state index is 13.4. The van der Waals surface area contributed by atoms with Crippen molar-refractivity contribution in [3.63, 3.8) is 0 Å². The fourth-order valence-corrected chi connectivity index (χ4v) is 2.55. The van der Waals surface area contributed by atoms with Crippen LogP contribution < -0.4 is 5.43 Å². The minimum absolute atomic E-state index is 0.355. The molecule has 5 nitrogen and oxygen atoms in total. The number of anilines is 1. The molecule has 0 fully saturated rings. The Morgan fingerprint density at radius 3 is 2.95 bits per heavy atom. The van der Waals surface area contributed by atoms with Gasteiger partial charge in [-0.3, -0.25) is 5.43 Å². The predicted octanol–water partition coefficient (Wildman–Crippen LogP) is 3.08. The summed E-state index contributed by atoms with van der Waals surface area (Å²) in [5.74, 6) is -0.776. The summed E-state index contributed by atoms with van der Waals surface area (Å²) in [7, 11) is 1.32. The van der Waals surface area contributed by atoms with Crippen LogP contribution in [0.25, 0.3) is 0 Å². The second-order valence-electron chi connectivity index (χ2n) is 4.03. The molecule has 0 atom stereocenters. The molecule has 2 aromatic rings. The molecular weight excluding hydrogens is 293 g/mol. The van der Waals surface area contributed by atoms with Gasteiger partial charge in [0, 0.05) is 5.56 Å². The lowest BCUT2D eigenvalue weighted by molar-refractivity contribution is 0.0605. The summed E-state index contributed by atoms with van der Waals surface area (Å²) in [6.45, 7) is 1.90. The fraction of sp³-hybridized carbons (Fsp3) is 0.214. The Kier molecular flexibility index (Phi) is 4.99. The number of benzene rings is 1. The number of carbonyl (C=O) groups is 1. The van der Waals surface area contributed by atoms with E-state index in [9.17, 15) is 9.18 Å². The first kappa shape index (κ1) is 15.1. The van der Waals surface area contributed by atoms with Crippen LogP contribution in [0, 0.1) is 5.82 Å². The number of halogens is 1. The van der Waals surface area contributed by atoms with Crippen molar-refractivity contribution in [3.05, 3.63) is 46.2 Å². The van der Waals surface area contributed by atoms with Gasteiger partial charge in [-0.15, -0.1) is 0 Å². The van der Waals surface area contributed by atoms with Crippen molar-refractivity contribution < 1.29 is 13.9 Å². The molecule has 1 aromatic heterocycles. The van der Waals surface area contributed by atoms with Gasteiger partial charge in [-0.2, -0.15) is 5.10 Å². The van der Waals surface area contributed by atoms with E-state index in [-0.39, 0.29) is 5.82 Å². The monoisotopic (exact) mass is 307 g/mol. The second kappa shape index (κ2) is 6.94. The molecule has 21 heavy (non-hydrogen) atoms. The number of rotatable bonds is 5. The molecule has 2 rings (SSSR count). The van der Waals surface area contributed by atoms with Crippen LogP contribution in [-0.2, 0) is 11.2 Å². The highest BCUT2D eigenvalue weighted by atomic mass is 32.1. The summed E-state index contributed by atoms with van der Waals surface area (Å²) in [6, 6.07) is 6.30. The van der Waals surface area contributed by atoms with E-state index in [1.165, 1.54) is 19.4 Å². The summed E-state index contributed by atoms with van der Waals surface area (Å²) in [5, 5.41) is 4.39.